The van der Waals surface area contributed by atoms with E-state index in [4.69, 9.17) is 14.9 Å². The van der Waals surface area contributed by atoms with Crippen molar-refractivity contribution in [2.24, 2.45) is 11.7 Å². The molecule has 1 unspecified atom stereocenters. The van der Waals surface area contributed by atoms with Crippen molar-refractivity contribution in [3.05, 3.63) is 35.6 Å². The van der Waals surface area contributed by atoms with Gasteiger partial charge in [-0.05, 0) is 31.9 Å². The van der Waals surface area contributed by atoms with Gasteiger partial charge in [-0.15, -0.1) is 0 Å². The van der Waals surface area contributed by atoms with Gasteiger partial charge in [-0.25, -0.2) is 0 Å². The van der Waals surface area contributed by atoms with Gasteiger partial charge in [0.25, 0.3) is 0 Å². The summed E-state index contributed by atoms with van der Waals surface area (Å²) in [6, 6.07) is 8.17. The number of fused-ring (bicyclic) bond motifs is 1. The third-order valence-electron chi connectivity index (χ3n) is 4.22. The Hall–Kier alpha value is -1.36. The highest BCUT2D eigenvalue weighted by molar-refractivity contribution is 5.82. The van der Waals surface area contributed by atoms with Crippen LogP contribution in [0.5, 0.6) is 0 Å². The van der Waals surface area contributed by atoms with Crippen molar-refractivity contribution in [1.82, 2.24) is 4.90 Å². The highest BCUT2D eigenvalue weighted by Crippen LogP contribution is 2.27. The molecule has 2 heterocycles. The van der Waals surface area contributed by atoms with Crippen LogP contribution in [0.1, 0.15) is 24.2 Å². The topological polar surface area (TPSA) is 51.6 Å². The van der Waals surface area contributed by atoms with Crippen molar-refractivity contribution in [3.63, 3.8) is 0 Å². The second-order valence-corrected chi connectivity index (χ2v) is 5.98. The Kier molecular flexibility index (Phi) is 4.58. The average molecular weight is 288 g/mol. The van der Waals surface area contributed by atoms with Crippen molar-refractivity contribution in [2.45, 2.75) is 25.9 Å². The summed E-state index contributed by atoms with van der Waals surface area (Å²) in [5.41, 5.74) is 8.00. The number of benzene rings is 1. The van der Waals surface area contributed by atoms with Crippen LogP contribution in [0, 0.1) is 5.92 Å². The predicted molar refractivity (Wildman–Crippen MR) is 84.0 cm³/mol. The fraction of sp³-hybridized carbons (Fsp3) is 0.529. The van der Waals surface area contributed by atoms with E-state index in [1.165, 1.54) is 23.8 Å². The lowest BCUT2D eigenvalue weighted by molar-refractivity contribution is 0.0411. The number of nitrogens with zero attached hydrogens (tertiary/aromatic N) is 1. The molecule has 0 spiro atoms. The van der Waals surface area contributed by atoms with Gasteiger partial charge in [0.1, 0.15) is 11.3 Å². The molecule has 4 nitrogen and oxygen atoms in total. The van der Waals surface area contributed by atoms with Crippen LogP contribution in [0.15, 0.2) is 28.7 Å². The first-order chi connectivity index (χ1) is 10.3. The Morgan fingerprint density at radius 2 is 2.19 bits per heavy atom. The standard InChI is InChI=1S/C17H24N2O2/c1-19(10-13-5-4-8-20-12-13)11-15-14-6-2-3-7-16(14)21-17(15)9-18/h2-3,6-7,13H,4-5,8-12,18H2,1H3. The number of hydrogen-bond acceptors (Lipinski definition) is 4. The fourth-order valence-electron chi connectivity index (χ4n) is 3.21. The van der Waals surface area contributed by atoms with Crippen LogP contribution in [-0.2, 0) is 17.8 Å². The zero-order chi connectivity index (χ0) is 14.7. The quantitative estimate of drug-likeness (QED) is 0.919. The lowest BCUT2D eigenvalue weighted by Gasteiger charge is -2.27. The van der Waals surface area contributed by atoms with E-state index in [0.717, 1.165) is 37.6 Å². The summed E-state index contributed by atoms with van der Waals surface area (Å²) in [4.78, 5) is 2.36. The minimum atomic E-state index is 0.449. The monoisotopic (exact) mass is 288 g/mol. The molecule has 2 N–H and O–H groups in total. The summed E-state index contributed by atoms with van der Waals surface area (Å²) in [7, 11) is 2.16. The Bertz CT molecular complexity index is 587. The molecule has 0 radical (unpaired) electrons. The van der Waals surface area contributed by atoms with Gasteiger partial charge in [0.15, 0.2) is 0 Å². The van der Waals surface area contributed by atoms with E-state index in [0.29, 0.717) is 12.5 Å². The Morgan fingerprint density at radius 3 is 2.95 bits per heavy atom. The third kappa shape index (κ3) is 3.28. The number of para-hydroxylation sites is 1. The van der Waals surface area contributed by atoms with Crippen molar-refractivity contribution < 1.29 is 9.15 Å². The van der Waals surface area contributed by atoms with Crippen molar-refractivity contribution in [1.29, 1.82) is 0 Å². The Labute approximate surface area is 125 Å². The Balaban J connectivity index is 1.74. The number of nitrogens with two attached hydrogens (primary N) is 1. The summed E-state index contributed by atoms with van der Waals surface area (Å²) in [5, 5.41) is 1.18. The van der Waals surface area contributed by atoms with Crippen LogP contribution in [0.4, 0.5) is 0 Å². The second kappa shape index (κ2) is 6.60. The maximum Gasteiger partial charge on any atom is 0.134 e. The van der Waals surface area contributed by atoms with E-state index in [1.54, 1.807) is 0 Å². The van der Waals surface area contributed by atoms with E-state index >= 15 is 0 Å². The van der Waals surface area contributed by atoms with E-state index in [-0.39, 0.29) is 0 Å². The zero-order valence-electron chi connectivity index (χ0n) is 12.7. The van der Waals surface area contributed by atoms with Crippen LogP contribution in [-0.4, -0.2) is 31.7 Å². The van der Waals surface area contributed by atoms with E-state index in [2.05, 4.69) is 24.1 Å². The molecular formula is C17H24N2O2. The SMILES string of the molecule is CN(Cc1c(CN)oc2ccccc12)CC1CCCOC1. The van der Waals surface area contributed by atoms with E-state index < -0.39 is 0 Å². The highest BCUT2D eigenvalue weighted by atomic mass is 16.5. The van der Waals surface area contributed by atoms with Gasteiger partial charge in [0.2, 0.25) is 0 Å². The Morgan fingerprint density at radius 1 is 1.33 bits per heavy atom. The molecule has 0 aliphatic carbocycles. The lowest BCUT2D eigenvalue weighted by atomic mass is 10.0. The highest BCUT2D eigenvalue weighted by Gasteiger charge is 2.19. The first-order valence-corrected chi connectivity index (χ1v) is 7.73. The van der Waals surface area contributed by atoms with Crippen molar-refractivity contribution in [3.8, 4) is 0 Å². The summed E-state index contributed by atoms with van der Waals surface area (Å²) in [5.74, 6) is 1.55. The largest absolute Gasteiger partial charge is 0.459 e. The maximum atomic E-state index is 5.86. The molecule has 114 valence electrons. The zero-order valence-corrected chi connectivity index (χ0v) is 12.7. The molecule has 1 aromatic carbocycles. The van der Waals surface area contributed by atoms with Gasteiger partial charge in [-0.2, -0.15) is 0 Å². The molecule has 3 rings (SSSR count). The van der Waals surface area contributed by atoms with Gasteiger partial charge in [0, 0.05) is 30.6 Å². The minimum absolute atomic E-state index is 0.449. The summed E-state index contributed by atoms with van der Waals surface area (Å²) in [6.45, 7) is 4.19. The van der Waals surface area contributed by atoms with Gasteiger partial charge in [-0.1, -0.05) is 18.2 Å². The van der Waals surface area contributed by atoms with Gasteiger partial charge >= 0.3 is 0 Å². The van der Waals surface area contributed by atoms with Crippen molar-refractivity contribution >= 4 is 11.0 Å². The predicted octanol–water partition coefficient (Wildman–Crippen LogP) is 2.75. The first kappa shape index (κ1) is 14.6. The fourth-order valence-corrected chi connectivity index (χ4v) is 3.21. The molecule has 1 aliphatic heterocycles. The van der Waals surface area contributed by atoms with E-state index in [9.17, 15) is 0 Å². The molecule has 4 heteroatoms. The van der Waals surface area contributed by atoms with Crippen LogP contribution >= 0.6 is 0 Å². The molecule has 1 fully saturated rings. The summed E-state index contributed by atoms with van der Waals surface area (Å²) < 4.78 is 11.4. The third-order valence-corrected chi connectivity index (χ3v) is 4.22. The molecule has 2 aromatic rings. The number of ether oxygens (including phenoxy) is 1. The van der Waals surface area contributed by atoms with Crippen LogP contribution in [0.2, 0.25) is 0 Å². The molecule has 21 heavy (non-hydrogen) atoms. The van der Waals surface area contributed by atoms with Gasteiger partial charge in [-0.3, -0.25) is 0 Å². The van der Waals surface area contributed by atoms with Crippen LogP contribution in [0.3, 0.4) is 0 Å². The number of hydrogen-bond donors (Lipinski definition) is 1. The van der Waals surface area contributed by atoms with Gasteiger partial charge in [0.05, 0.1) is 13.2 Å². The van der Waals surface area contributed by atoms with E-state index in [1.807, 2.05) is 12.1 Å². The second-order valence-electron chi connectivity index (χ2n) is 5.98. The smallest absolute Gasteiger partial charge is 0.134 e. The number of furan rings is 1. The molecular weight excluding hydrogens is 264 g/mol. The lowest BCUT2D eigenvalue weighted by Crippen LogP contribution is -2.30. The molecule has 1 aromatic heterocycles. The van der Waals surface area contributed by atoms with Crippen LogP contribution < -0.4 is 5.73 Å². The molecule has 1 atom stereocenters. The summed E-state index contributed by atoms with van der Waals surface area (Å²) in [6.07, 6.45) is 2.45. The van der Waals surface area contributed by atoms with Crippen molar-refractivity contribution in [2.75, 3.05) is 26.8 Å². The molecule has 1 aliphatic rings. The van der Waals surface area contributed by atoms with Gasteiger partial charge < -0.3 is 19.8 Å². The normalized spacial score (nSPS) is 19.5. The first-order valence-electron chi connectivity index (χ1n) is 7.73. The average Bonchev–Trinajstić information content (AvgIpc) is 2.86. The number of rotatable bonds is 5. The maximum absolute atomic E-state index is 5.86. The molecule has 0 bridgehead atoms. The minimum Gasteiger partial charge on any atom is -0.459 e. The molecule has 0 saturated carbocycles. The summed E-state index contributed by atoms with van der Waals surface area (Å²) >= 11 is 0. The molecule has 1 saturated heterocycles. The van der Waals surface area contributed by atoms with Crippen LogP contribution in [0.25, 0.3) is 11.0 Å². The molecule has 0 amide bonds.